The van der Waals surface area contributed by atoms with Crippen molar-refractivity contribution in [3.8, 4) is 5.75 Å². The number of carbonyl (C=O) groups is 2. The molecule has 0 aliphatic rings. The number of benzene rings is 2. The maximum Gasteiger partial charge on any atom is 0.261 e. The van der Waals surface area contributed by atoms with Crippen molar-refractivity contribution >= 4 is 23.4 Å². The fraction of sp³-hybridized carbons (Fsp3) is 0.391. The smallest absolute Gasteiger partial charge is 0.261 e. The van der Waals surface area contributed by atoms with Crippen LogP contribution in [0, 0.1) is 19.7 Å². The zero-order valence-electron chi connectivity index (χ0n) is 17.8. The highest BCUT2D eigenvalue weighted by Gasteiger charge is 2.28. The zero-order valence-corrected chi connectivity index (χ0v) is 18.6. The van der Waals surface area contributed by atoms with Gasteiger partial charge in [-0.1, -0.05) is 30.7 Å². The van der Waals surface area contributed by atoms with Gasteiger partial charge < -0.3 is 15.0 Å². The van der Waals surface area contributed by atoms with E-state index >= 15 is 0 Å². The van der Waals surface area contributed by atoms with E-state index in [2.05, 4.69) is 5.32 Å². The predicted molar refractivity (Wildman–Crippen MR) is 116 cm³/mol. The average molecular weight is 435 g/mol. The lowest BCUT2D eigenvalue weighted by Gasteiger charge is -2.30. The van der Waals surface area contributed by atoms with Crippen LogP contribution in [0.5, 0.6) is 5.75 Å². The molecule has 0 fully saturated rings. The maximum absolute atomic E-state index is 13.3. The molecule has 0 saturated heterocycles. The average Bonchev–Trinajstić information content (AvgIpc) is 2.71. The number of hydrogen-bond donors (Lipinski definition) is 1. The van der Waals surface area contributed by atoms with Gasteiger partial charge in [-0.25, -0.2) is 4.39 Å². The minimum absolute atomic E-state index is 0.177. The second kappa shape index (κ2) is 11.0. The van der Waals surface area contributed by atoms with Crippen LogP contribution in [-0.2, 0) is 16.1 Å². The molecule has 2 amide bonds. The van der Waals surface area contributed by atoms with Crippen molar-refractivity contribution in [2.45, 2.75) is 46.7 Å². The van der Waals surface area contributed by atoms with Gasteiger partial charge in [0.05, 0.1) is 0 Å². The molecule has 5 nitrogen and oxygen atoms in total. The van der Waals surface area contributed by atoms with E-state index in [0.29, 0.717) is 23.7 Å². The molecular formula is C23H28ClFN2O3. The molecule has 7 heteroatoms. The number of likely N-dealkylation sites (N-methyl/N-ethyl adjacent to an activating group) is 1. The van der Waals surface area contributed by atoms with E-state index < -0.39 is 6.04 Å². The molecule has 1 N–H and O–H groups in total. The van der Waals surface area contributed by atoms with Crippen molar-refractivity contribution in [1.29, 1.82) is 0 Å². The normalized spacial score (nSPS) is 11.7. The van der Waals surface area contributed by atoms with Gasteiger partial charge in [-0.2, -0.15) is 0 Å². The minimum atomic E-state index is -0.653. The third-order valence-corrected chi connectivity index (χ3v) is 5.37. The van der Waals surface area contributed by atoms with Crippen LogP contribution in [0.1, 0.15) is 37.0 Å². The highest BCUT2D eigenvalue weighted by atomic mass is 35.5. The quantitative estimate of drug-likeness (QED) is 0.635. The molecule has 0 spiro atoms. The molecule has 1 atom stereocenters. The first-order chi connectivity index (χ1) is 14.3. The Morgan fingerprint density at radius 2 is 1.73 bits per heavy atom. The monoisotopic (exact) mass is 434 g/mol. The second-order valence-electron chi connectivity index (χ2n) is 7.13. The number of halogens is 2. The van der Waals surface area contributed by atoms with E-state index in [-0.39, 0.29) is 30.8 Å². The Bertz CT molecular complexity index is 864. The molecule has 0 saturated carbocycles. The van der Waals surface area contributed by atoms with Gasteiger partial charge in [-0.15, -0.1) is 0 Å². The number of aryl methyl sites for hydroxylation is 2. The van der Waals surface area contributed by atoms with Crippen molar-refractivity contribution in [2.75, 3.05) is 13.2 Å². The maximum atomic E-state index is 13.3. The lowest BCUT2D eigenvalue weighted by molar-refractivity contribution is -0.142. The second-order valence-corrected chi connectivity index (χ2v) is 7.50. The molecule has 2 aromatic carbocycles. The lowest BCUT2D eigenvalue weighted by atomic mass is 10.1. The van der Waals surface area contributed by atoms with Gasteiger partial charge >= 0.3 is 0 Å². The van der Waals surface area contributed by atoms with Crippen molar-refractivity contribution < 1.29 is 18.7 Å². The summed E-state index contributed by atoms with van der Waals surface area (Å²) in [6, 6.07) is 8.77. The molecule has 0 aliphatic heterocycles. The van der Waals surface area contributed by atoms with Gasteiger partial charge in [-0.3, -0.25) is 9.59 Å². The highest BCUT2D eigenvalue weighted by molar-refractivity contribution is 6.32. The molecule has 0 unspecified atom stereocenters. The van der Waals surface area contributed by atoms with Gasteiger partial charge in [-0.05, 0) is 68.1 Å². The lowest BCUT2D eigenvalue weighted by Crippen LogP contribution is -2.50. The summed E-state index contributed by atoms with van der Waals surface area (Å²) in [7, 11) is 0. The fourth-order valence-electron chi connectivity index (χ4n) is 3.22. The summed E-state index contributed by atoms with van der Waals surface area (Å²) in [6.45, 7) is 7.82. The first-order valence-electron chi connectivity index (χ1n) is 9.97. The fourth-order valence-corrected chi connectivity index (χ4v) is 3.32. The summed E-state index contributed by atoms with van der Waals surface area (Å²) in [4.78, 5) is 27.1. The van der Waals surface area contributed by atoms with Gasteiger partial charge in [0.1, 0.15) is 17.6 Å². The molecule has 2 rings (SSSR count). The molecule has 30 heavy (non-hydrogen) atoms. The summed E-state index contributed by atoms with van der Waals surface area (Å²) in [5, 5.41) is 3.43. The van der Waals surface area contributed by atoms with Gasteiger partial charge in [0.25, 0.3) is 5.91 Å². The summed E-state index contributed by atoms with van der Waals surface area (Å²) in [6.07, 6.45) is 0.442. The van der Waals surface area contributed by atoms with Gasteiger partial charge in [0, 0.05) is 18.1 Å². The molecule has 2 aromatic rings. The number of nitrogens with zero attached hydrogens (tertiary/aromatic N) is 1. The molecule has 162 valence electrons. The number of amides is 2. The van der Waals surface area contributed by atoms with Gasteiger partial charge in [0.2, 0.25) is 5.91 Å². The third-order valence-electron chi connectivity index (χ3n) is 4.78. The van der Waals surface area contributed by atoms with Crippen LogP contribution in [0.2, 0.25) is 5.02 Å². The molecule has 0 bridgehead atoms. The van der Waals surface area contributed by atoms with E-state index in [4.69, 9.17) is 16.3 Å². The van der Waals surface area contributed by atoms with Crippen LogP contribution in [0.25, 0.3) is 0 Å². The number of hydrogen-bond acceptors (Lipinski definition) is 3. The number of carbonyl (C=O) groups excluding carboxylic acids is 2. The Morgan fingerprint density at radius 3 is 2.27 bits per heavy atom. The van der Waals surface area contributed by atoms with Crippen molar-refractivity contribution in [1.82, 2.24) is 10.2 Å². The van der Waals surface area contributed by atoms with E-state index in [1.165, 1.54) is 17.0 Å². The van der Waals surface area contributed by atoms with Crippen LogP contribution in [-0.4, -0.2) is 35.9 Å². The van der Waals surface area contributed by atoms with Crippen LogP contribution >= 0.6 is 11.6 Å². The SMILES string of the molecule is CCNC(=O)[C@@H](CC)N(Cc1ccc(F)cc1)C(=O)COc1cc(C)c(Cl)c(C)c1. The van der Waals surface area contributed by atoms with Crippen LogP contribution < -0.4 is 10.1 Å². The van der Waals surface area contributed by atoms with Crippen molar-refractivity contribution in [2.24, 2.45) is 0 Å². The minimum Gasteiger partial charge on any atom is -0.484 e. The molecule has 0 radical (unpaired) electrons. The Morgan fingerprint density at radius 1 is 1.13 bits per heavy atom. The van der Waals surface area contributed by atoms with Crippen LogP contribution in [0.15, 0.2) is 36.4 Å². The predicted octanol–water partition coefficient (Wildman–Crippen LogP) is 4.42. The summed E-state index contributed by atoms with van der Waals surface area (Å²) >= 11 is 6.19. The summed E-state index contributed by atoms with van der Waals surface area (Å²) in [5.74, 6) is -0.379. The number of nitrogens with one attached hydrogen (secondary N) is 1. The first kappa shape index (κ1) is 23.7. The summed E-state index contributed by atoms with van der Waals surface area (Å²) in [5.41, 5.74) is 2.44. The Kier molecular flexibility index (Phi) is 8.66. The summed E-state index contributed by atoms with van der Waals surface area (Å²) < 4.78 is 19.0. The first-order valence-corrected chi connectivity index (χ1v) is 10.4. The third kappa shape index (κ3) is 6.20. The molecule has 0 aliphatic carbocycles. The van der Waals surface area contributed by atoms with Crippen LogP contribution in [0.3, 0.4) is 0 Å². The zero-order chi connectivity index (χ0) is 22.3. The number of rotatable bonds is 9. The van der Waals surface area contributed by atoms with Crippen molar-refractivity contribution in [3.05, 3.63) is 63.9 Å². The van der Waals surface area contributed by atoms with Crippen LogP contribution in [0.4, 0.5) is 4.39 Å². The largest absolute Gasteiger partial charge is 0.484 e. The standard InChI is InChI=1S/C23H28ClFN2O3/c1-5-20(23(29)26-6-2)27(13-17-7-9-18(25)10-8-17)21(28)14-30-19-11-15(3)22(24)16(4)12-19/h7-12,20H,5-6,13-14H2,1-4H3,(H,26,29)/t20-/m1/s1. The highest BCUT2D eigenvalue weighted by Crippen LogP contribution is 2.26. The van der Waals surface area contributed by atoms with E-state index in [1.807, 2.05) is 27.7 Å². The molecule has 0 heterocycles. The van der Waals surface area contributed by atoms with E-state index in [0.717, 1.165) is 16.7 Å². The van der Waals surface area contributed by atoms with Gasteiger partial charge in [0.15, 0.2) is 6.61 Å². The van der Waals surface area contributed by atoms with E-state index in [1.54, 1.807) is 24.3 Å². The van der Waals surface area contributed by atoms with E-state index in [9.17, 15) is 14.0 Å². The molecule has 0 aromatic heterocycles. The topological polar surface area (TPSA) is 58.6 Å². The Balaban J connectivity index is 2.22. The Labute approximate surface area is 182 Å². The number of ether oxygens (including phenoxy) is 1. The van der Waals surface area contributed by atoms with Crippen molar-refractivity contribution in [3.63, 3.8) is 0 Å². The molecular weight excluding hydrogens is 407 g/mol. The Hall–Kier alpha value is -2.60.